The van der Waals surface area contributed by atoms with E-state index in [2.05, 4.69) is 5.43 Å². The Kier molecular flexibility index (Phi) is 4.55. The largest absolute Gasteiger partial charge is 0.271 e. The number of halogens is 5. The molecule has 0 radical (unpaired) electrons. The number of nitrogens with two attached hydrogens (primary N) is 1. The SMILES string of the molecule is NNC(c1cc(Cl)ccc1Cl)c1ccc(F)c(F)c1F. The first-order valence-electron chi connectivity index (χ1n) is 5.50. The molecule has 0 aliphatic heterocycles. The van der Waals surface area contributed by atoms with Crippen molar-refractivity contribution in [2.24, 2.45) is 5.84 Å². The van der Waals surface area contributed by atoms with Crippen LogP contribution in [0.25, 0.3) is 0 Å². The molecule has 0 aliphatic carbocycles. The van der Waals surface area contributed by atoms with Crippen molar-refractivity contribution in [2.45, 2.75) is 6.04 Å². The molecule has 2 aromatic rings. The summed E-state index contributed by atoms with van der Waals surface area (Å²) in [5.74, 6) is 1.20. The molecule has 0 amide bonds. The van der Waals surface area contributed by atoms with Crippen molar-refractivity contribution in [3.63, 3.8) is 0 Å². The Balaban J connectivity index is 2.58. The molecular weight excluding hydrogens is 312 g/mol. The van der Waals surface area contributed by atoms with Gasteiger partial charge in [-0.05, 0) is 29.8 Å². The summed E-state index contributed by atoms with van der Waals surface area (Å²) in [6.07, 6.45) is 0. The van der Waals surface area contributed by atoms with Crippen LogP contribution in [0.4, 0.5) is 13.2 Å². The molecule has 106 valence electrons. The van der Waals surface area contributed by atoms with Crippen LogP contribution in [0.1, 0.15) is 17.2 Å². The second kappa shape index (κ2) is 6.01. The van der Waals surface area contributed by atoms with E-state index in [1.165, 1.54) is 12.1 Å². The highest BCUT2D eigenvalue weighted by Crippen LogP contribution is 2.32. The van der Waals surface area contributed by atoms with E-state index in [1.54, 1.807) is 6.07 Å². The van der Waals surface area contributed by atoms with E-state index in [0.717, 1.165) is 12.1 Å². The monoisotopic (exact) mass is 320 g/mol. The summed E-state index contributed by atoms with van der Waals surface area (Å²) in [6.45, 7) is 0. The molecular formula is C13H9Cl2F3N2. The van der Waals surface area contributed by atoms with Gasteiger partial charge in [0.25, 0.3) is 0 Å². The number of nitrogens with one attached hydrogen (secondary N) is 1. The van der Waals surface area contributed by atoms with Gasteiger partial charge in [-0.2, -0.15) is 0 Å². The lowest BCUT2D eigenvalue weighted by molar-refractivity contribution is 0.433. The minimum absolute atomic E-state index is 0.171. The molecule has 0 bridgehead atoms. The lowest BCUT2D eigenvalue weighted by Gasteiger charge is -2.19. The third-order valence-electron chi connectivity index (χ3n) is 2.81. The highest BCUT2D eigenvalue weighted by Gasteiger charge is 2.23. The molecule has 0 aromatic heterocycles. The molecule has 0 saturated carbocycles. The summed E-state index contributed by atoms with van der Waals surface area (Å²) in [5, 5.41) is 0.620. The normalized spacial score (nSPS) is 12.5. The number of hydrazine groups is 1. The van der Waals surface area contributed by atoms with E-state index >= 15 is 0 Å². The van der Waals surface area contributed by atoms with Crippen LogP contribution >= 0.6 is 23.2 Å². The standard InChI is InChI=1S/C13H9Cl2F3N2/c14-6-1-3-9(15)8(5-6)13(20-19)7-2-4-10(16)12(18)11(7)17/h1-5,13,20H,19H2. The predicted molar refractivity (Wildman–Crippen MR) is 71.9 cm³/mol. The van der Waals surface area contributed by atoms with Gasteiger partial charge in [0.15, 0.2) is 17.5 Å². The summed E-state index contributed by atoms with van der Waals surface area (Å²) >= 11 is 11.8. The smallest absolute Gasteiger partial charge is 0.194 e. The van der Waals surface area contributed by atoms with E-state index in [9.17, 15) is 13.2 Å². The van der Waals surface area contributed by atoms with E-state index < -0.39 is 23.5 Å². The number of hydrogen-bond donors (Lipinski definition) is 2. The quantitative estimate of drug-likeness (QED) is 0.510. The molecule has 0 spiro atoms. The van der Waals surface area contributed by atoms with Gasteiger partial charge in [0.2, 0.25) is 0 Å². The van der Waals surface area contributed by atoms with Gasteiger partial charge in [-0.3, -0.25) is 5.84 Å². The topological polar surface area (TPSA) is 38.0 Å². The van der Waals surface area contributed by atoms with Crippen molar-refractivity contribution in [1.29, 1.82) is 0 Å². The molecule has 0 saturated heterocycles. The maximum atomic E-state index is 13.8. The molecule has 0 heterocycles. The van der Waals surface area contributed by atoms with Crippen LogP contribution in [0.3, 0.4) is 0 Å². The van der Waals surface area contributed by atoms with Gasteiger partial charge >= 0.3 is 0 Å². The first-order chi connectivity index (χ1) is 9.45. The highest BCUT2D eigenvalue weighted by molar-refractivity contribution is 6.33. The van der Waals surface area contributed by atoms with Crippen LogP contribution < -0.4 is 11.3 Å². The van der Waals surface area contributed by atoms with Gasteiger partial charge < -0.3 is 0 Å². The van der Waals surface area contributed by atoms with Gasteiger partial charge in [0, 0.05) is 15.6 Å². The van der Waals surface area contributed by atoms with Crippen molar-refractivity contribution in [3.05, 3.63) is 69.0 Å². The van der Waals surface area contributed by atoms with E-state index in [-0.39, 0.29) is 10.6 Å². The van der Waals surface area contributed by atoms with Crippen molar-refractivity contribution < 1.29 is 13.2 Å². The lowest BCUT2D eigenvalue weighted by atomic mass is 9.98. The van der Waals surface area contributed by atoms with Crippen molar-refractivity contribution >= 4 is 23.2 Å². The Hall–Kier alpha value is -1.27. The zero-order valence-electron chi connectivity index (χ0n) is 9.93. The molecule has 2 rings (SSSR count). The molecule has 0 fully saturated rings. The summed E-state index contributed by atoms with van der Waals surface area (Å²) < 4.78 is 40.1. The van der Waals surface area contributed by atoms with Gasteiger partial charge in [0.05, 0.1) is 6.04 Å². The van der Waals surface area contributed by atoms with E-state index in [1.807, 2.05) is 0 Å². The Morgan fingerprint density at radius 1 is 0.950 bits per heavy atom. The first-order valence-corrected chi connectivity index (χ1v) is 6.25. The molecule has 0 aliphatic rings. The second-order valence-electron chi connectivity index (χ2n) is 4.03. The maximum absolute atomic E-state index is 13.8. The molecule has 20 heavy (non-hydrogen) atoms. The minimum Gasteiger partial charge on any atom is -0.271 e. The summed E-state index contributed by atoms with van der Waals surface area (Å²) in [6, 6.07) is 5.46. The average molecular weight is 321 g/mol. The molecule has 3 N–H and O–H groups in total. The van der Waals surface area contributed by atoms with Crippen molar-refractivity contribution in [3.8, 4) is 0 Å². The van der Waals surface area contributed by atoms with Crippen molar-refractivity contribution in [1.82, 2.24) is 5.43 Å². The number of hydrogen-bond acceptors (Lipinski definition) is 2. The van der Waals surface area contributed by atoms with E-state index in [0.29, 0.717) is 10.6 Å². The zero-order valence-corrected chi connectivity index (χ0v) is 11.4. The van der Waals surface area contributed by atoms with Gasteiger partial charge in [-0.25, -0.2) is 18.6 Å². The van der Waals surface area contributed by atoms with Crippen LogP contribution in [0.15, 0.2) is 30.3 Å². The van der Waals surface area contributed by atoms with Gasteiger partial charge in [-0.1, -0.05) is 29.3 Å². The fraction of sp³-hybridized carbons (Fsp3) is 0.0769. The van der Waals surface area contributed by atoms with Gasteiger partial charge in [0.1, 0.15) is 0 Å². The molecule has 2 nitrogen and oxygen atoms in total. The third kappa shape index (κ3) is 2.76. The van der Waals surface area contributed by atoms with Crippen LogP contribution in [-0.2, 0) is 0 Å². The first kappa shape index (κ1) is 15.1. The zero-order chi connectivity index (χ0) is 14.9. The van der Waals surface area contributed by atoms with E-state index in [4.69, 9.17) is 29.0 Å². The highest BCUT2D eigenvalue weighted by atomic mass is 35.5. The number of rotatable bonds is 3. The number of benzene rings is 2. The fourth-order valence-electron chi connectivity index (χ4n) is 1.85. The average Bonchev–Trinajstić information content (AvgIpc) is 2.43. The molecule has 1 atom stereocenters. The Bertz CT molecular complexity index is 650. The second-order valence-corrected chi connectivity index (χ2v) is 4.87. The lowest BCUT2D eigenvalue weighted by Crippen LogP contribution is -2.30. The Morgan fingerprint density at radius 2 is 1.65 bits per heavy atom. The van der Waals surface area contributed by atoms with Crippen LogP contribution in [0, 0.1) is 17.5 Å². The fourth-order valence-corrected chi connectivity index (χ4v) is 2.25. The predicted octanol–water partition coefficient (Wildman–Crippen LogP) is 3.96. The van der Waals surface area contributed by atoms with Gasteiger partial charge in [-0.15, -0.1) is 0 Å². The third-order valence-corrected chi connectivity index (χ3v) is 3.39. The molecule has 2 aromatic carbocycles. The van der Waals surface area contributed by atoms with Crippen molar-refractivity contribution in [2.75, 3.05) is 0 Å². The Morgan fingerprint density at radius 3 is 2.30 bits per heavy atom. The van der Waals surface area contributed by atoms with Crippen LogP contribution in [0.2, 0.25) is 10.0 Å². The Labute approximate surface area is 123 Å². The summed E-state index contributed by atoms with van der Waals surface area (Å²) in [5.41, 5.74) is 2.50. The maximum Gasteiger partial charge on any atom is 0.194 e. The molecule has 7 heteroatoms. The summed E-state index contributed by atoms with van der Waals surface area (Å²) in [7, 11) is 0. The minimum atomic E-state index is -1.57. The van der Waals surface area contributed by atoms with Crippen LogP contribution in [0.5, 0.6) is 0 Å². The van der Waals surface area contributed by atoms with Crippen LogP contribution in [-0.4, -0.2) is 0 Å². The summed E-state index contributed by atoms with van der Waals surface area (Å²) in [4.78, 5) is 0. The molecule has 1 unspecified atom stereocenters.